The van der Waals surface area contributed by atoms with Gasteiger partial charge >= 0.3 is 0 Å². The van der Waals surface area contributed by atoms with E-state index in [4.69, 9.17) is 0 Å². The molecule has 4 heterocycles. The van der Waals surface area contributed by atoms with Crippen LogP contribution in [-0.2, 0) is 6.42 Å². The van der Waals surface area contributed by atoms with Crippen molar-refractivity contribution in [2.75, 3.05) is 6.54 Å². The zero-order chi connectivity index (χ0) is 15.1. The molecule has 0 aliphatic carbocycles. The number of piperidine rings is 3. The number of pyridine rings is 1. The van der Waals surface area contributed by atoms with Crippen molar-refractivity contribution in [3.8, 4) is 0 Å². The number of benzene rings is 1. The fourth-order valence-electron chi connectivity index (χ4n) is 4.30. The number of para-hydroxylation sites is 1. The minimum atomic E-state index is -0.284. The average molecular weight is 294 g/mol. The molecule has 3 aliphatic rings. The Kier molecular flexibility index (Phi) is 3.47. The monoisotopic (exact) mass is 294 g/mol. The van der Waals surface area contributed by atoms with Crippen LogP contribution >= 0.6 is 0 Å². The van der Waals surface area contributed by atoms with Gasteiger partial charge in [-0.1, -0.05) is 24.3 Å². The minimum absolute atomic E-state index is 0.284. The van der Waals surface area contributed by atoms with Gasteiger partial charge in [-0.05, 0) is 48.8 Å². The van der Waals surface area contributed by atoms with E-state index in [9.17, 15) is 5.11 Å². The fourth-order valence-corrected chi connectivity index (χ4v) is 4.30. The second kappa shape index (κ2) is 5.49. The fraction of sp³-hybridized carbons (Fsp3) is 0.421. The van der Waals surface area contributed by atoms with Crippen LogP contribution < -0.4 is 0 Å². The third-order valence-electron chi connectivity index (χ3n) is 5.47. The van der Waals surface area contributed by atoms with Crippen LogP contribution in [0, 0.1) is 11.8 Å². The molecule has 3 heteroatoms. The molecule has 114 valence electrons. The van der Waals surface area contributed by atoms with Crippen molar-refractivity contribution in [2.45, 2.75) is 31.5 Å². The minimum Gasteiger partial charge on any atom is -0.378 e. The summed E-state index contributed by atoms with van der Waals surface area (Å²) in [6.45, 7) is 4.91. The molecule has 0 amide bonds. The Labute approximate surface area is 131 Å². The molecule has 3 aliphatic heterocycles. The second-order valence-electron chi connectivity index (χ2n) is 6.65. The summed E-state index contributed by atoms with van der Waals surface area (Å²) in [6, 6.07) is 10.9. The molecule has 3 saturated heterocycles. The number of aliphatic hydroxyl groups excluding tert-OH is 1. The zero-order valence-corrected chi connectivity index (χ0v) is 12.7. The molecule has 2 aromatic rings. The summed E-state index contributed by atoms with van der Waals surface area (Å²) in [5, 5.41) is 11.6. The molecule has 0 radical (unpaired) electrons. The smallest absolute Gasteiger partial charge is 0.107 e. The highest BCUT2D eigenvalue weighted by Crippen LogP contribution is 2.40. The maximum Gasteiger partial charge on any atom is 0.107 e. The maximum absolute atomic E-state index is 10.4. The Bertz CT molecular complexity index is 693. The highest BCUT2D eigenvalue weighted by Gasteiger charge is 2.43. The van der Waals surface area contributed by atoms with Crippen LogP contribution in [0.1, 0.15) is 18.4 Å². The van der Waals surface area contributed by atoms with E-state index in [0.717, 1.165) is 31.3 Å². The summed E-state index contributed by atoms with van der Waals surface area (Å²) in [7, 11) is 0. The van der Waals surface area contributed by atoms with Crippen molar-refractivity contribution < 1.29 is 5.11 Å². The van der Waals surface area contributed by atoms with Gasteiger partial charge in [-0.3, -0.25) is 9.88 Å². The molecule has 5 atom stereocenters. The molecule has 1 N–H and O–H groups in total. The first kappa shape index (κ1) is 13.9. The van der Waals surface area contributed by atoms with Crippen LogP contribution in [0.25, 0.3) is 10.9 Å². The lowest BCUT2D eigenvalue weighted by atomic mass is 9.73. The van der Waals surface area contributed by atoms with Crippen LogP contribution in [0.3, 0.4) is 0 Å². The first-order valence-corrected chi connectivity index (χ1v) is 8.15. The molecule has 1 aromatic heterocycles. The van der Waals surface area contributed by atoms with Gasteiger partial charge in [0.1, 0.15) is 6.23 Å². The molecule has 3 nitrogen and oxygen atoms in total. The zero-order valence-electron chi connectivity index (χ0n) is 12.7. The largest absolute Gasteiger partial charge is 0.378 e. The summed E-state index contributed by atoms with van der Waals surface area (Å²) in [4.78, 5) is 6.73. The summed E-state index contributed by atoms with van der Waals surface area (Å²) in [5.74, 6) is 1.12. The number of aliphatic hydroxyl groups is 1. The lowest BCUT2D eigenvalue weighted by molar-refractivity contribution is -0.124. The molecule has 2 bridgehead atoms. The summed E-state index contributed by atoms with van der Waals surface area (Å²) < 4.78 is 0. The van der Waals surface area contributed by atoms with Crippen molar-refractivity contribution in [1.82, 2.24) is 9.88 Å². The summed E-state index contributed by atoms with van der Waals surface area (Å²) in [5.41, 5.74) is 2.39. The van der Waals surface area contributed by atoms with Crippen molar-refractivity contribution in [1.29, 1.82) is 0 Å². The highest BCUT2D eigenvalue weighted by molar-refractivity contribution is 5.81. The van der Waals surface area contributed by atoms with Crippen LogP contribution in [0.5, 0.6) is 0 Å². The van der Waals surface area contributed by atoms with E-state index in [-0.39, 0.29) is 6.23 Å². The predicted molar refractivity (Wildman–Crippen MR) is 88.4 cm³/mol. The summed E-state index contributed by atoms with van der Waals surface area (Å²) in [6.07, 6.45) is 6.72. The number of hydrogen-bond donors (Lipinski definition) is 1. The van der Waals surface area contributed by atoms with Crippen molar-refractivity contribution in [2.24, 2.45) is 11.8 Å². The summed E-state index contributed by atoms with van der Waals surface area (Å²) >= 11 is 0. The van der Waals surface area contributed by atoms with E-state index < -0.39 is 0 Å². The first-order valence-electron chi connectivity index (χ1n) is 8.15. The van der Waals surface area contributed by atoms with Crippen molar-refractivity contribution >= 4 is 10.9 Å². The van der Waals surface area contributed by atoms with Crippen LogP contribution in [0.2, 0.25) is 0 Å². The Morgan fingerprint density at radius 2 is 2.14 bits per heavy atom. The molecular weight excluding hydrogens is 272 g/mol. The number of hydrogen-bond acceptors (Lipinski definition) is 3. The van der Waals surface area contributed by atoms with Gasteiger partial charge < -0.3 is 5.11 Å². The number of fused-ring (bicyclic) bond motifs is 4. The van der Waals surface area contributed by atoms with E-state index >= 15 is 0 Å². The molecule has 0 saturated carbocycles. The van der Waals surface area contributed by atoms with E-state index in [1.165, 1.54) is 10.9 Å². The first-order chi connectivity index (χ1) is 10.8. The van der Waals surface area contributed by atoms with E-state index in [0.29, 0.717) is 17.9 Å². The van der Waals surface area contributed by atoms with Gasteiger partial charge in [0.05, 0.1) is 5.52 Å². The maximum atomic E-state index is 10.4. The van der Waals surface area contributed by atoms with Gasteiger partial charge in [-0.25, -0.2) is 0 Å². The van der Waals surface area contributed by atoms with Gasteiger partial charge in [0.2, 0.25) is 0 Å². The highest BCUT2D eigenvalue weighted by atomic mass is 16.3. The Balaban J connectivity index is 1.62. The number of aromatic nitrogens is 1. The molecular formula is C19H22N2O. The third-order valence-corrected chi connectivity index (χ3v) is 5.47. The van der Waals surface area contributed by atoms with Crippen LogP contribution in [-0.4, -0.2) is 33.8 Å². The van der Waals surface area contributed by atoms with Crippen molar-refractivity contribution in [3.63, 3.8) is 0 Å². The van der Waals surface area contributed by atoms with Crippen molar-refractivity contribution in [3.05, 3.63) is 54.7 Å². The number of nitrogens with zero attached hydrogens (tertiary/aromatic N) is 2. The Morgan fingerprint density at radius 3 is 2.95 bits per heavy atom. The molecule has 5 rings (SSSR count). The van der Waals surface area contributed by atoms with Crippen LogP contribution in [0.4, 0.5) is 0 Å². The van der Waals surface area contributed by atoms with E-state index in [2.05, 4.69) is 46.8 Å². The molecule has 22 heavy (non-hydrogen) atoms. The molecule has 3 fully saturated rings. The normalized spacial score (nSPS) is 34.0. The van der Waals surface area contributed by atoms with Gasteiger partial charge in [0.25, 0.3) is 0 Å². The number of rotatable bonds is 3. The van der Waals surface area contributed by atoms with Gasteiger partial charge in [0, 0.05) is 24.2 Å². The quantitative estimate of drug-likeness (QED) is 0.884. The van der Waals surface area contributed by atoms with E-state index in [1.54, 1.807) is 0 Å². The van der Waals surface area contributed by atoms with Crippen LogP contribution in [0.15, 0.2) is 49.2 Å². The topological polar surface area (TPSA) is 36.4 Å². The second-order valence-corrected chi connectivity index (χ2v) is 6.65. The van der Waals surface area contributed by atoms with Gasteiger partial charge in [0.15, 0.2) is 0 Å². The lowest BCUT2D eigenvalue weighted by Gasteiger charge is -2.52. The van der Waals surface area contributed by atoms with E-state index in [1.807, 2.05) is 12.3 Å². The average Bonchev–Trinajstić information content (AvgIpc) is 2.55. The standard InChI is InChI=1S/C19H22N2O/c1-2-13-12-21-16(10-15(13)11-19(21)22)9-14-7-8-20-18-6-4-3-5-17(14)18/h2-8,13,15-16,19,22H,1,9-12H2/t13-,15+,16-,19?/m0/s1. The third kappa shape index (κ3) is 2.25. The Morgan fingerprint density at radius 1 is 1.27 bits per heavy atom. The van der Waals surface area contributed by atoms with Gasteiger partial charge in [-0.2, -0.15) is 0 Å². The lowest BCUT2D eigenvalue weighted by Crippen LogP contribution is -2.58. The Hall–Kier alpha value is -1.71. The SMILES string of the molecule is C=C[C@H]1C[N@]2C(O)C[C@H]1C[C@@H]2Cc1ccnc2ccccc12. The van der Waals surface area contributed by atoms with Gasteiger partial charge in [-0.15, -0.1) is 6.58 Å². The molecule has 1 unspecified atom stereocenters. The predicted octanol–water partition coefficient (Wildman–Crippen LogP) is 2.99. The molecule has 0 spiro atoms. The molecule has 1 aromatic carbocycles.